The van der Waals surface area contributed by atoms with Gasteiger partial charge < -0.3 is 9.64 Å². The number of ether oxygens (including phenoxy) is 1. The number of pyridine rings is 1. The van der Waals surface area contributed by atoms with Gasteiger partial charge in [-0.1, -0.05) is 6.07 Å². The molecule has 1 atom stereocenters. The molecule has 0 aromatic carbocycles. The second kappa shape index (κ2) is 7.32. The molecule has 0 saturated heterocycles. The van der Waals surface area contributed by atoms with Gasteiger partial charge in [0.25, 0.3) is 0 Å². The minimum atomic E-state index is -3.38. The molecule has 9 heteroatoms. The van der Waals surface area contributed by atoms with Gasteiger partial charge in [0.15, 0.2) is 9.84 Å². The molecule has 25 heavy (non-hydrogen) atoms. The second-order valence-corrected chi connectivity index (χ2v) is 8.28. The van der Waals surface area contributed by atoms with Crippen molar-refractivity contribution in [3.63, 3.8) is 0 Å². The van der Waals surface area contributed by atoms with Gasteiger partial charge in [0.05, 0.1) is 31.5 Å². The van der Waals surface area contributed by atoms with Crippen LogP contribution in [0, 0.1) is 0 Å². The fourth-order valence-corrected chi connectivity index (χ4v) is 3.36. The van der Waals surface area contributed by atoms with Crippen molar-refractivity contribution in [1.82, 2.24) is 19.7 Å². The zero-order valence-electron chi connectivity index (χ0n) is 13.9. The third kappa shape index (κ3) is 4.86. The molecule has 0 radical (unpaired) electrons. The van der Waals surface area contributed by atoms with E-state index < -0.39 is 21.5 Å². The molecule has 8 nitrogen and oxygen atoms in total. The first-order chi connectivity index (χ1) is 11.9. The first-order valence-electron chi connectivity index (χ1n) is 7.87. The maximum absolute atomic E-state index is 12.4. The number of hydrogen-bond acceptors (Lipinski definition) is 6. The molecule has 2 aromatic heterocycles. The maximum Gasteiger partial charge on any atom is 0.238 e. The normalized spacial score (nSPS) is 17.8. The number of carbonyl (C=O) groups is 1. The number of sulfone groups is 1. The van der Waals surface area contributed by atoms with E-state index in [1.807, 2.05) is 18.2 Å². The first kappa shape index (κ1) is 17.6. The summed E-state index contributed by atoms with van der Waals surface area (Å²) in [6.45, 7) is 1.51. The molecule has 0 spiro atoms. The van der Waals surface area contributed by atoms with Gasteiger partial charge in [0, 0.05) is 31.4 Å². The van der Waals surface area contributed by atoms with Crippen molar-refractivity contribution in [3.05, 3.63) is 48.0 Å². The van der Waals surface area contributed by atoms with E-state index in [0.29, 0.717) is 26.2 Å². The summed E-state index contributed by atoms with van der Waals surface area (Å²) in [6.07, 6.45) is 5.85. The van der Waals surface area contributed by atoms with Crippen LogP contribution in [0.15, 0.2) is 36.8 Å². The first-order valence-corrected chi connectivity index (χ1v) is 9.93. The summed E-state index contributed by atoms with van der Waals surface area (Å²) in [5.41, 5.74) is 1.79. The SMILES string of the molecule is CS(=O)(=O)CC(=O)N1Cc2ccnn2C[C@H](OCc2cccnc2)C1. The van der Waals surface area contributed by atoms with Gasteiger partial charge in [-0.05, 0) is 17.7 Å². The monoisotopic (exact) mass is 364 g/mol. The molecule has 2 aromatic rings. The summed E-state index contributed by atoms with van der Waals surface area (Å²) in [7, 11) is -3.38. The van der Waals surface area contributed by atoms with Crippen molar-refractivity contribution in [3.8, 4) is 0 Å². The van der Waals surface area contributed by atoms with Crippen molar-refractivity contribution in [2.45, 2.75) is 25.8 Å². The highest BCUT2D eigenvalue weighted by Gasteiger charge is 2.27. The van der Waals surface area contributed by atoms with Gasteiger partial charge in [0.2, 0.25) is 5.91 Å². The van der Waals surface area contributed by atoms with Crippen LogP contribution in [0.1, 0.15) is 11.3 Å². The number of fused-ring (bicyclic) bond motifs is 1. The number of hydrogen-bond donors (Lipinski definition) is 0. The average Bonchev–Trinajstić information content (AvgIpc) is 2.90. The molecule has 3 rings (SSSR count). The van der Waals surface area contributed by atoms with Crippen LogP contribution in [0.4, 0.5) is 0 Å². The van der Waals surface area contributed by atoms with Gasteiger partial charge in [-0.3, -0.25) is 14.5 Å². The van der Waals surface area contributed by atoms with Crippen molar-refractivity contribution >= 4 is 15.7 Å². The lowest BCUT2D eigenvalue weighted by Crippen LogP contribution is -2.40. The second-order valence-electron chi connectivity index (χ2n) is 6.14. The minimum absolute atomic E-state index is 0.287. The average molecular weight is 364 g/mol. The molecule has 0 fully saturated rings. The van der Waals surface area contributed by atoms with Crippen molar-refractivity contribution in [2.75, 3.05) is 18.6 Å². The summed E-state index contributed by atoms with van der Waals surface area (Å²) in [6, 6.07) is 5.57. The predicted molar refractivity (Wildman–Crippen MR) is 90.2 cm³/mol. The predicted octanol–water partition coefficient (Wildman–Crippen LogP) is 0.250. The van der Waals surface area contributed by atoms with E-state index in [9.17, 15) is 13.2 Å². The molecule has 0 N–H and O–H groups in total. The topological polar surface area (TPSA) is 94.4 Å². The van der Waals surface area contributed by atoms with Gasteiger partial charge in [-0.25, -0.2) is 8.42 Å². The van der Waals surface area contributed by atoms with E-state index in [-0.39, 0.29) is 6.10 Å². The Hall–Kier alpha value is -2.26. The minimum Gasteiger partial charge on any atom is -0.370 e. The number of nitrogens with zero attached hydrogens (tertiary/aromatic N) is 4. The third-order valence-corrected chi connectivity index (χ3v) is 4.68. The standard InChI is InChI=1S/C16H20N4O4S/c1-25(22,23)12-16(21)19-8-14-4-6-18-20(14)10-15(9-19)24-11-13-3-2-5-17-7-13/h2-7,15H,8-12H2,1H3/t15-/m1/s1. The van der Waals surface area contributed by atoms with Crippen molar-refractivity contribution < 1.29 is 17.9 Å². The lowest BCUT2D eigenvalue weighted by Gasteiger charge is -2.24. The van der Waals surface area contributed by atoms with Crippen LogP contribution >= 0.6 is 0 Å². The highest BCUT2D eigenvalue weighted by Crippen LogP contribution is 2.15. The lowest BCUT2D eigenvalue weighted by atomic mass is 10.3. The number of carbonyl (C=O) groups excluding carboxylic acids is 1. The van der Waals surface area contributed by atoms with E-state index in [4.69, 9.17) is 4.74 Å². The van der Waals surface area contributed by atoms with Crippen molar-refractivity contribution in [2.24, 2.45) is 0 Å². The molecule has 0 unspecified atom stereocenters. The van der Waals surface area contributed by atoms with Crippen LogP contribution in [0.3, 0.4) is 0 Å². The Bertz CT molecular complexity index is 835. The number of amides is 1. The third-order valence-electron chi connectivity index (χ3n) is 3.90. The Morgan fingerprint density at radius 3 is 2.88 bits per heavy atom. The Balaban J connectivity index is 1.73. The molecule has 0 aliphatic carbocycles. The van der Waals surface area contributed by atoms with E-state index >= 15 is 0 Å². The molecule has 1 amide bonds. The Morgan fingerprint density at radius 1 is 1.32 bits per heavy atom. The highest BCUT2D eigenvalue weighted by molar-refractivity contribution is 7.91. The fourth-order valence-electron chi connectivity index (χ4n) is 2.72. The molecule has 134 valence electrons. The Kier molecular flexibility index (Phi) is 5.14. The van der Waals surface area contributed by atoms with Gasteiger partial charge in [0.1, 0.15) is 5.75 Å². The molecule has 0 bridgehead atoms. The Labute approximate surface area is 146 Å². The summed E-state index contributed by atoms with van der Waals surface area (Å²) in [5.74, 6) is -0.927. The number of rotatable bonds is 5. The van der Waals surface area contributed by atoms with Crippen LogP contribution in [0.5, 0.6) is 0 Å². The number of aromatic nitrogens is 3. The zero-order chi connectivity index (χ0) is 17.9. The zero-order valence-corrected chi connectivity index (χ0v) is 14.7. The molecule has 3 heterocycles. The van der Waals surface area contributed by atoms with Crippen LogP contribution in [0.2, 0.25) is 0 Å². The van der Waals surface area contributed by atoms with Gasteiger partial charge in [-0.2, -0.15) is 5.10 Å². The van der Waals surface area contributed by atoms with E-state index in [1.54, 1.807) is 23.3 Å². The summed E-state index contributed by atoms with van der Waals surface area (Å²) in [5, 5.41) is 4.26. The van der Waals surface area contributed by atoms with Crippen LogP contribution in [-0.4, -0.2) is 58.6 Å². The highest BCUT2D eigenvalue weighted by atomic mass is 32.2. The molecule has 0 saturated carbocycles. The largest absolute Gasteiger partial charge is 0.370 e. The van der Waals surface area contributed by atoms with Crippen LogP contribution in [-0.2, 0) is 39.1 Å². The van der Waals surface area contributed by atoms with Gasteiger partial charge >= 0.3 is 0 Å². The quantitative estimate of drug-likeness (QED) is 0.755. The van der Waals surface area contributed by atoms with Crippen LogP contribution < -0.4 is 0 Å². The smallest absolute Gasteiger partial charge is 0.238 e. The molecular weight excluding hydrogens is 344 g/mol. The van der Waals surface area contributed by atoms with E-state index in [1.165, 1.54) is 4.90 Å². The van der Waals surface area contributed by atoms with E-state index in [2.05, 4.69) is 10.1 Å². The summed E-state index contributed by atoms with van der Waals surface area (Å²) >= 11 is 0. The Morgan fingerprint density at radius 2 is 2.16 bits per heavy atom. The van der Waals surface area contributed by atoms with Crippen molar-refractivity contribution in [1.29, 1.82) is 0 Å². The van der Waals surface area contributed by atoms with E-state index in [0.717, 1.165) is 17.5 Å². The lowest BCUT2D eigenvalue weighted by molar-refractivity contribution is -0.131. The van der Waals surface area contributed by atoms with Crippen LogP contribution in [0.25, 0.3) is 0 Å². The summed E-state index contributed by atoms with van der Waals surface area (Å²) in [4.78, 5) is 17.9. The van der Waals surface area contributed by atoms with Gasteiger partial charge in [-0.15, -0.1) is 0 Å². The molecule has 1 aliphatic rings. The molecular formula is C16H20N4O4S. The maximum atomic E-state index is 12.4. The summed E-state index contributed by atoms with van der Waals surface area (Å²) < 4.78 is 30.6. The molecule has 1 aliphatic heterocycles. The fraction of sp³-hybridized carbons (Fsp3) is 0.438.